The maximum absolute atomic E-state index is 12.6. The van der Waals surface area contributed by atoms with Crippen molar-refractivity contribution in [3.63, 3.8) is 0 Å². The van der Waals surface area contributed by atoms with Gasteiger partial charge in [0.15, 0.2) is 9.84 Å². The van der Waals surface area contributed by atoms with Crippen molar-refractivity contribution in [3.05, 3.63) is 35.4 Å². The summed E-state index contributed by atoms with van der Waals surface area (Å²) in [5.74, 6) is -0.381. The summed E-state index contributed by atoms with van der Waals surface area (Å²) in [5, 5.41) is 2.02. The van der Waals surface area contributed by atoms with Gasteiger partial charge in [0.1, 0.15) is 5.60 Å². The number of benzene rings is 1. The molecule has 0 spiro atoms. The largest absolute Gasteiger partial charge is 0.444 e. The minimum Gasteiger partial charge on any atom is -0.444 e. The zero-order valence-electron chi connectivity index (χ0n) is 15.5. The first-order valence-corrected chi connectivity index (χ1v) is 10.2. The zero-order valence-corrected chi connectivity index (χ0v) is 16.3. The lowest BCUT2D eigenvalue weighted by Gasteiger charge is -2.24. The number of rotatable bonds is 5. The van der Waals surface area contributed by atoms with Crippen LogP contribution >= 0.6 is 0 Å². The van der Waals surface area contributed by atoms with Gasteiger partial charge in [-0.3, -0.25) is 0 Å². The van der Waals surface area contributed by atoms with E-state index in [1.807, 2.05) is 31.2 Å². The van der Waals surface area contributed by atoms with E-state index in [1.54, 1.807) is 27.7 Å². The van der Waals surface area contributed by atoms with E-state index in [-0.39, 0.29) is 18.2 Å². The Bertz CT molecular complexity index is 737. The molecule has 0 heterocycles. The number of hydrogen-bond donors (Lipinski definition) is 2. The number of ether oxygens (including phenoxy) is 1. The van der Waals surface area contributed by atoms with E-state index >= 15 is 0 Å². The number of hydrogen-bond acceptors (Lipinski definition) is 5. The van der Waals surface area contributed by atoms with Crippen LogP contribution in [0.1, 0.15) is 44.7 Å². The van der Waals surface area contributed by atoms with Crippen molar-refractivity contribution in [2.24, 2.45) is 5.73 Å². The normalized spacial score (nSPS) is 26.2. The van der Waals surface area contributed by atoms with E-state index in [0.717, 1.165) is 11.1 Å². The summed E-state index contributed by atoms with van der Waals surface area (Å²) in [6.07, 6.45) is -0.649. The third kappa shape index (κ3) is 3.98. The van der Waals surface area contributed by atoms with Crippen LogP contribution in [0.15, 0.2) is 24.3 Å². The Kier molecular flexibility index (Phi) is 5.21. The summed E-state index contributed by atoms with van der Waals surface area (Å²) in [7, 11) is -3.39. The molecule has 0 aromatic heterocycles. The second kappa shape index (κ2) is 6.61. The molecule has 0 bridgehead atoms. The second-order valence-corrected chi connectivity index (χ2v) is 10.0. The standard InChI is InChI=1S/C18H28N2O4S/c1-6-25(22,23)15-14(13-9-7-12(2)8-10-13)18(15,11-19)20-16(21)24-17(3,4)5/h7-10,14-15H,6,11,19H2,1-5H3,(H,20,21)/t14-,15-,18-/m1/s1. The molecular formula is C18H28N2O4S. The Morgan fingerprint density at radius 2 is 1.84 bits per heavy atom. The molecule has 3 atom stereocenters. The van der Waals surface area contributed by atoms with E-state index in [0.29, 0.717) is 0 Å². The van der Waals surface area contributed by atoms with Gasteiger partial charge in [-0.05, 0) is 33.3 Å². The number of carbonyl (C=O) groups excluding carboxylic acids is 1. The third-order valence-corrected chi connectivity index (χ3v) is 6.82. The molecule has 0 aliphatic heterocycles. The number of nitrogens with two attached hydrogens (primary N) is 1. The second-order valence-electron chi connectivity index (χ2n) is 7.63. The van der Waals surface area contributed by atoms with Crippen LogP contribution in [0.2, 0.25) is 0 Å². The van der Waals surface area contributed by atoms with E-state index < -0.39 is 32.3 Å². The lowest BCUT2D eigenvalue weighted by Crippen LogP contribution is -2.49. The summed E-state index contributed by atoms with van der Waals surface area (Å²) in [6, 6.07) is 7.65. The van der Waals surface area contributed by atoms with E-state index in [2.05, 4.69) is 5.32 Å². The van der Waals surface area contributed by atoms with Crippen LogP contribution in [0.5, 0.6) is 0 Å². The summed E-state index contributed by atoms with van der Waals surface area (Å²) in [4.78, 5) is 12.3. The number of aryl methyl sites for hydroxylation is 1. The topological polar surface area (TPSA) is 98.5 Å². The van der Waals surface area contributed by atoms with Gasteiger partial charge in [0.2, 0.25) is 0 Å². The van der Waals surface area contributed by atoms with Crippen molar-refractivity contribution < 1.29 is 17.9 Å². The van der Waals surface area contributed by atoms with Crippen molar-refractivity contribution in [1.82, 2.24) is 5.32 Å². The Morgan fingerprint density at radius 3 is 2.28 bits per heavy atom. The molecule has 2 rings (SSSR count). The predicted octanol–water partition coefficient (Wildman–Crippen LogP) is 2.12. The highest BCUT2D eigenvalue weighted by Gasteiger charge is 2.71. The number of amides is 1. The Labute approximate surface area is 150 Å². The number of alkyl carbamates (subject to hydrolysis) is 1. The molecule has 0 unspecified atom stereocenters. The van der Waals surface area contributed by atoms with Crippen LogP contribution in [-0.2, 0) is 14.6 Å². The molecular weight excluding hydrogens is 340 g/mol. The van der Waals surface area contributed by atoms with Gasteiger partial charge in [0.25, 0.3) is 0 Å². The minimum atomic E-state index is -3.39. The first-order valence-electron chi connectivity index (χ1n) is 8.46. The molecule has 3 N–H and O–H groups in total. The zero-order chi connectivity index (χ0) is 19.0. The molecule has 1 aromatic carbocycles. The quantitative estimate of drug-likeness (QED) is 0.829. The van der Waals surface area contributed by atoms with Gasteiger partial charge in [-0.15, -0.1) is 0 Å². The van der Waals surface area contributed by atoms with E-state index in [1.165, 1.54) is 0 Å². The predicted molar refractivity (Wildman–Crippen MR) is 98.3 cm³/mol. The van der Waals surface area contributed by atoms with Crippen LogP contribution < -0.4 is 11.1 Å². The number of sulfone groups is 1. The lowest BCUT2D eigenvalue weighted by atomic mass is 10.0. The van der Waals surface area contributed by atoms with Gasteiger partial charge in [-0.1, -0.05) is 36.8 Å². The molecule has 1 fully saturated rings. The highest BCUT2D eigenvalue weighted by molar-refractivity contribution is 7.92. The van der Waals surface area contributed by atoms with Gasteiger partial charge in [-0.25, -0.2) is 13.2 Å². The fraction of sp³-hybridized carbons (Fsp3) is 0.611. The average Bonchev–Trinajstić information content (AvgIpc) is 3.15. The molecule has 0 radical (unpaired) electrons. The molecule has 140 valence electrons. The van der Waals surface area contributed by atoms with Crippen LogP contribution in [-0.4, -0.2) is 43.2 Å². The Balaban J connectivity index is 2.38. The number of nitrogens with one attached hydrogen (secondary N) is 1. The minimum absolute atomic E-state index is 0.00221. The molecule has 1 aromatic rings. The molecule has 1 aliphatic carbocycles. The molecule has 1 saturated carbocycles. The molecule has 6 nitrogen and oxygen atoms in total. The fourth-order valence-corrected chi connectivity index (χ4v) is 5.33. The fourth-order valence-electron chi connectivity index (χ4n) is 3.29. The lowest BCUT2D eigenvalue weighted by molar-refractivity contribution is 0.0497. The van der Waals surface area contributed by atoms with Gasteiger partial charge in [-0.2, -0.15) is 0 Å². The van der Waals surface area contributed by atoms with Crippen LogP contribution in [0, 0.1) is 6.92 Å². The average molecular weight is 368 g/mol. The molecule has 25 heavy (non-hydrogen) atoms. The van der Waals surface area contributed by atoms with Crippen molar-refractivity contribution >= 4 is 15.9 Å². The summed E-state index contributed by atoms with van der Waals surface area (Å²) in [5.41, 5.74) is 6.17. The van der Waals surface area contributed by atoms with E-state index in [9.17, 15) is 13.2 Å². The first-order chi connectivity index (χ1) is 11.5. The maximum atomic E-state index is 12.6. The van der Waals surface area contributed by atoms with Crippen molar-refractivity contribution in [2.75, 3.05) is 12.3 Å². The van der Waals surface area contributed by atoms with Gasteiger partial charge in [0.05, 0.1) is 10.8 Å². The van der Waals surface area contributed by atoms with Crippen molar-refractivity contribution in [3.8, 4) is 0 Å². The first kappa shape index (κ1) is 19.7. The maximum Gasteiger partial charge on any atom is 0.408 e. The summed E-state index contributed by atoms with van der Waals surface area (Å²) < 4.78 is 30.5. The van der Waals surface area contributed by atoms with E-state index in [4.69, 9.17) is 10.5 Å². The SMILES string of the molecule is CCS(=O)(=O)[C@@H]1[C@@H](c2ccc(C)cc2)[C@@]1(CN)NC(=O)OC(C)(C)C. The molecule has 1 amide bonds. The highest BCUT2D eigenvalue weighted by atomic mass is 32.2. The summed E-state index contributed by atoms with van der Waals surface area (Å²) >= 11 is 0. The highest BCUT2D eigenvalue weighted by Crippen LogP contribution is 2.55. The molecule has 0 saturated heterocycles. The molecule has 1 aliphatic rings. The van der Waals surface area contributed by atoms with Gasteiger partial charge < -0.3 is 15.8 Å². The Morgan fingerprint density at radius 1 is 1.28 bits per heavy atom. The third-order valence-electron chi connectivity index (χ3n) is 4.55. The van der Waals surface area contributed by atoms with Crippen LogP contribution in [0.25, 0.3) is 0 Å². The number of carbonyl (C=O) groups is 1. The van der Waals surface area contributed by atoms with Crippen molar-refractivity contribution in [2.45, 2.75) is 56.9 Å². The summed E-state index contributed by atoms with van der Waals surface area (Å²) in [6.45, 7) is 8.86. The van der Waals surface area contributed by atoms with Gasteiger partial charge >= 0.3 is 6.09 Å². The smallest absolute Gasteiger partial charge is 0.408 e. The van der Waals surface area contributed by atoms with Crippen molar-refractivity contribution in [1.29, 1.82) is 0 Å². The Hall–Kier alpha value is -1.60. The van der Waals surface area contributed by atoms with Gasteiger partial charge in [0, 0.05) is 18.2 Å². The van der Waals surface area contributed by atoms with Crippen LogP contribution in [0.4, 0.5) is 4.79 Å². The monoisotopic (exact) mass is 368 g/mol. The molecule has 7 heteroatoms. The van der Waals surface area contributed by atoms with Crippen LogP contribution in [0.3, 0.4) is 0 Å².